The summed E-state index contributed by atoms with van der Waals surface area (Å²) >= 11 is 5.56. The highest BCUT2D eigenvalue weighted by Gasteiger charge is 2.29. The van der Waals surface area contributed by atoms with Crippen LogP contribution in [0.25, 0.3) is 0 Å². The van der Waals surface area contributed by atoms with Crippen molar-refractivity contribution in [2.75, 3.05) is 5.88 Å². The molecule has 24 heavy (non-hydrogen) atoms. The van der Waals surface area contributed by atoms with Crippen LogP contribution in [0, 0.1) is 0 Å². The lowest BCUT2D eigenvalue weighted by Crippen LogP contribution is -2.52. The summed E-state index contributed by atoms with van der Waals surface area (Å²) in [6.07, 6.45) is 2.00. The molecule has 1 fully saturated rings. The van der Waals surface area contributed by atoms with Gasteiger partial charge in [-0.3, -0.25) is 29.5 Å². The van der Waals surface area contributed by atoms with Gasteiger partial charge in [0.25, 0.3) is 5.91 Å². The van der Waals surface area contributed by atoms with Gasteiger partial charge < -0.3 is 10.2 Å². The average molecular weight is 351 g/mol. The number of amides is 4. The number of alkyl halides is 1. The normalized spacial score (nSPS) is 19.7. The second-order valence-electron chi connectivity index (χ2n) is 5.70. The fraction of sp³-hybridized carbons (Fsp3) is 0.400. The van der Waals surface area contributed by atoms with Crippen molar-refractivity contribution in [2.45, 2.75) is 32.0 Å². The van der Waals surface area contributed by atoms with Crippen LogP contribution in [0.5, 0.6) is 0 Å². The molecule has 4 amide bonds. The minimum absolute atomic E-state index is 0.0930. The van der Waals surface area contributed by atoms with E-state index < -0.39 is 17.9 Å². The zero-order valence-corrected chi connectivity index (χ0v) is 13.4. The maximum Gasteiger partial charge on any atom is 0.270 e. The molecule has 0 aliphatic carbocycles. The second-order valence-corrected chi connectivity index (χ2v) is 5.97. The molecule has 3 rings (SSSR count). The predicted molar refractivity (Wildman–Crippen MR) is 82.8 cm³/mol. The fourth-order valence-corrected chi connectivity index (χ4v) is 2.90. The molecule has 0 spiro atoms. The SMILES string of the molecule is O=C1CC[C@H](NC(=O)c2cc3c(cn2)CN(C(=O)CCl)C3)C(=O)N1. The van der Waals surface area contributed by atoms with Gasteiger partial charge >= 0.3 is 0 Å². The Hall–Kier alpha value is -2.48. The number of carbonyl (C=O) groups excluding carboxylic acids is 4. The van der Waals surface area contributed by atoms with Gasteiger partial charge in [-0.05, 0) is 23.6 Å². The van der Waals surface area contributed by atoms with Crippen LogP contribution in [-0.2, 0) is 27.5 Å². The molecule has 9 heteroatoms. The molecular weight excluding hydrogens is 336 g/mol. The molecule has 1 saturated heterocycles. The Labute approximate surface area is 142 Å². The fourth-order valence-electron chi connectivity index (χ4n) is 2.73. The van der Waals surface area contributed by atoms with Crippen LogP contribution < -0.4 is 10.6 Å². The van der Waals surface area contributed by atoms with Crippen LogP contribution in [0.2, 0.25) is 0 Å². The van der Waals surface area contributed by atoms with E-state index in [1.54, 1.807) is 17.2 Å². The minimum Gasteiger partial charge on any atom is -0.339 e. The van der Waals surface area contributed by atoms with Crippen LogP contribution in [0.3, 0.4) is 0 Å². The lowest BCUT2D eigenvalue weighted by molar-refractivity contribution is -0.134. The summed E-state index contributed by atoms with van der Waals surface area (Å²) in [6, 6.07) is 0.859. The van der Waals surface area contributed by atoms with E-state index in [4.69, 9.17) is 11.6 Å². The van der Waals surface area contributed by atoms with Gasteiger partial charge in [-0.25, -0.2) is 0 Å². The number of rotatable bonds is 3. The van der Waals surface area contributed by atoms with Crippen molar-refractivity contribution in [1.29, 1.82) is 0 Å². The third-order valence-electron chi connectivity index (χ3n) is 4.05. The van der Waals surface area contributed by atoms with Crippen molar-refractivity contribution < 1.29 is 19.2 Å². The quantitative estimate of drug-likeness (QED) is 0.574. The highest BCUT2D eigenvalue weighted by atomic mass is 35.5. The molecule has 126 valence electrons. The summed E-state index contributed by atoms with van der Waals surface area (Å²) in [5.41, 5.74) is 1.86. The molecule has 1 atom stereocenters. The Morgan fingerprint density at radius 1 is 1.33 bits per heavy atom. The molecule has 1 aromatic rings. The van der Waals surface area contributed by atoms with Gasteiger partial charge in [-0.1, -0.05) is 0 Å². The van der Waals surface area contributed by atoms with E-state index in [-0.39, 0.29) is 36.2 Å². The zero-order chi connectivity index (χ0) is 17.3. The summed E-state index contributed by atoms with van der Waals surface area (Å²) in [5.74, 6) is -1.62. The summed E-state index contributed by atoms with van der Waals surface area (Å²) in [4.78, 5) is 52.4. The van der Waals surface area contributed by atoms with Gasteiger partial charge in [0.15, 0.2) is 0 Å². The number of carbonyl (C=O) groups is 4. The lowest BCUT2D eigenvalue weighted by atomic mass is 10.1. The molecule has 0 aromatic carbocycles. The number of piperidine rings is 1. The Kier molecular flexibility index (Phi) is 4.48. The van der Waals surface area contributed by atoms with E-state index in [2.05, 4.69) is 15.6 Å². The Balaban J connectivity index is 1.68. The third kappa shape index (κ3) is 3.23. The first-order valence-electron chi connectivity index (χ1n) is 7.44. The van der Waals surface area contributed by atoms with Crippen molar-refractivity contribution >= 4 is 35.2 Å². The van der Waals surface area contributed by atoms with Gasteiger partial charge in [-0.15, -0.1) is 11.6 Å². The molecule has 0 unspecified atom stereocenters. The molecule has 2 aliphatic rings. The first-order valence-corrected chi connectivity index (χ1v) is 7.97. The summed E-state index contributed by atoms with van der Waals surface area (Å²) < 4.78 is 0. The van der Waals surface area contributed by atoms with Gasteiger partial charge in [0.2, 0.25) is 17.7 Å². The van der Waals surface area contributed by atoms with Gasteiger partial charge in [0.1, 0.15) is 17.6 Å². The number of imide groups is 1. The van der Waals surface area contributed by atoms with Gasteiger partial charge in [0, 0.05) is 25.7 Å². The number of halogens is 1. The molecule has 2 N–H and O–H groups in total. The number of aromatic nitrogens is 1. The molecule has 0 saturated carbocycles. The first kappa shape index (κ1) is 16.4. The van der Waals surface area contributed by atoms with Crippen molar-refractivity contribution in [2.24, 2.45) is 0 Å². The van der Waals surface area contributed by atoms with Crippen LogP contribution in [0.1, 0.15) is 34.5 Å². The number of hydrogen-bond acceptors (Lipinski definition) is 5. The first-order chi connectivity index (χ1) is 11.5. The molecule has 0 radical (unpaired) electrons. The molecule has 3 heterocycles. The Bertz CT molecular complexity index is 736. The maximum absolute atomic E-state index is 12.3. The summed E-state index contributed by atoms with van der Waals surface area (Å²) in [5, 5.41) is 4.76. The maximum atomic E-state index is 12.3. The van der Waals surface area contributed by atoms with E-state index >= 15 is 0 Å². The minimum atomic E-state index is -0.750. The number of nitrogens with zero attached hydrogens (tertiary/aromatic N) is 2. The Morgan fingerprint density at radius 2 is 2.08 bits per heavy atom. The standard InChI is InChI=1S/C15H15ClN4O4/c16-4-13(22)20-6-8-3-11(17-5-9(8)7-20)15(24)18-10-1-2-12(21)19-14(10)23/h3,5,10H,1-2,4,6-7H2,(H,18,24)(H,19,21,23)/t10-/m0/s1. The monoisotopic (exact) mass is 350 g/mol. The van der Waals surface area contributed by atoms with E-state index in [9.17, 15) is 19.2 Å². The van der Waals surface area contributed by atoms with Gasteiger partial charge in [-0.2, -0.15) is 0 Å². The molecular formula is C15H15ClN4O4. The van der Waals surface area contributed by atoms with Crippen LogP contribution in [-0.4, -0.2) is 45.4 Å². The highest BCUT2D eigenvalue weighted by Crippen LogP contribution is 2.23. The number of fused-ring (bicyclic) bond motifs is 1. The lowest BCUT2D eigenvalue weighted by Gasteiger charge is -2.21. The smallest absolute Gasteiger partial charge is 0.270 e. The Morgan fingerprint density at radius 3 is 2.79 bits per heavy atom. The summed E-state index contributed by atoms with van der Waals surface area (Å²) in [7, 11) is 0. The molecule has 8 nitrogen and oxygen atoms in total. The van der Waals surface area contributed by atoms with E-state index in [0.29, 0.717) is 13.1 Å². The van der Waals surface area contributed by atoms with Crippen molar-refractivity contribution in [3.63, 3.8) is 0 Å². The molecule has 2 aliphatic heterocycles. The largest absolute Gasteiger partial charge is 0.339 e. The number of pyridine rings is 1. The zero-order valence-electron chi connectivity index (χ0n) is 12.7. The van der Waals surface area contributed by atoms with Crippen molar-refractivity contribution in [3.05, 3.63) is 29.1 Å². The second kappa shape index (κ2) is 6.56. The van der Waals surface area contributed by atoms with E-state index in [0.717, 1.165) is 11.1 Å². The highest BCUT2D eigenvalue weighted by molar-refractivity contribution is 6.27. The van der Waals surface area contributed by atoms with Crippen LogP contribution >= 0.6 is 11.6 Å². The molecule has 0 bridgehead atoms. The number of hydrogen-bond donors (Lipinski definition) is 2. The molecule has 1 aromatic heterocycles. The summed E-state index contributed by atoms with van der Waals surface area (Å²) in [6.45, 7) is 0.797. The van der Waals surface area contributed by atoms with Crippen molar-refractivity contribution in [1.82, 2.24) is 20.5 Å². The van der Waals surface area contributed by atoms with E-state index in [1.807, 2.05) is 0 Å². The average Bonchev–Trinajstić information content (AvgIpc) is 2.99. The number of nitrogens with one attached hydrogen (secondary N) is 2. The van der Waals surface area contributed by atoms with Crippen molar-refractivity contribution in [3.8, 4) is 0 Å². The van der Waals surface area contributed by atoms with E-state index in [1.165, 1.54) is 0 Å². The van der Waals surface area contributed by atoms with Gasteiger partial charge in [0.05, 0.1) is 0 Å². The van der Waals surface area contributed by atoms with Crippen LogP contribution in [0.15, 0.2) is 12.3 Å². The third-order valence-corrected chi connectivity index (χ3v) is 4.28. The predicted octanol–water partition coefficient (Wildman–Crippen LogP) is -0.302. The van der Waals surface area contributed by atoms with Crippen LogP contribution in [0.4, 0.5) is 0 Å². The topological polar surface area (TPSA) is 108 Å².